The van der Waals surface area contributed by atoms with Gasteiger partial charge in [0.2, 0.25) is 0 Å². The normalized spacial score (nSPS) is 14.3. The summed E-state index contributed by atoms with van der Waals surface area (Å²) in [5.41, 5.74) is 4.72. The van der Waals surface area contributed by atoms with Crippen LogP contribution in [0.2, 0.25) is 0 Å². The zero-order valence-electron chi connectivity index (χ0n) is 25.4. The quantitative estimate of drug-likeness (QED) is 0.128. The van der Waals surface area contributed by atoms with Gasteiger partial charge < -0.3 is 0 Å². The monoisotopic (exact) mass is 694 g/mol. The maximum absolute atomic E-state index is 2.35. The molecule has 0 atom stereocenters. The van der Waals surface area contributed by atoms with Gasteiger partial charge in [0.1, 0.15) is 0 Å². The first-order valence-corrected chi connectivity index (χ1v) is 16.8. The van der Waals surface area contributed by atoms with E-state index in [4.69, 9.17) is 0 Å². The summed E-state index contributed by atoms with van der Waals surface area (Å²) in [6.07, 6.45) is 7.23. The number of benzene rings is 3. The second kappa shape index (κ2) is 13.5. The van der Waals surface area contributed by atoms with Gasteiger partial charge in [0.05, 0.1) is 0 Å². The van der Waals surface area contributed by atoms with Crippen molar-refractivity contribution in [3.05, 3.63) is 120 Å². The Hall–Kier alpha value is -2.38. The molecule has 1 saturated carbocycles. The van der Waals surface area contributed by atoms with Crippen molar-refractivity contribution in [2.75, 3.05) is 0 Å². The summed E-state index contributed by atoms with van der Waals surface area (Å²) >= 11 is 1.23. The molecule has 5 aromatic rings. The SMILES string of the molecule is CC(C)(C)c1ccc2c(c1)[cH-]c1cc(C(C)(C)C)ccc12.[Hf+2]=[C](c1ccccc1)C1CCCCC1.c1cc[cH-]c1. The molecule has 0 nitrogen and oxygen atoms in total. The minimum atomic E-state index is 0.203. The minimum absolute atomic E-state index is 0.203. The molecule has 0 N–H and O–H groups in total. The summed E-state index contributed by atoms with van der Waals surface area (Å²) in [5, 5.41) is 5.48. The molecule has 1 aliphatic carbocycles. The molecule has 1 aliphatic rings. The van der Waals surface area contributed by atoms with Crippen LogP contribution in [-0.2, 0) is 34.7 Å². The fraction of sp³-hybridized carbons (Fsp3) is 0.359. The Morgan fingerprint density at radius 1 is 0.650 bits per heavy atom. The molecule has 40 heavy (non-hydrogen) atoms. The number of fused-ring (bicyclic) bond motifs is 3. The molecule has 0 spiro atoms. The van der Waals surface area contributed by atoms with E-state index in [2.05, 4.69) is 114 Å². The molecule has 206 valence electrons. The van der Waals surface area contributed by atoms with Crippen LogP contribution in [0, 0.1) is 5.92 Å². The van der Waals surface area contributed by atoms with Crippen molar-refractivity contribution < 1.29 is 23.9 Å². The fourth-order valence-electron chi connectivity index (χ4n) is 5.52. The molecule has 0 radical (unpaired) electrons. The van der Waals surface area contributed by atoms with Crippen molar-refractivity contribution >= 4 is 24.8 Å². The summed E-state index contributed by atoms with van der Waals surface area (Å²) in [7, 11) is 0. The van der Waals surface area contributed by atoms with Crippen LogP contribution in [0.4, 0.5) is 0 Å². The Morgan fingerprint density at radius 2 is 1.15 bits per heavy atom. The molecule has 0 heterocycles. The Balaban J connectivity index is 0.000000166. The zero-order chi connectivity index (χ0) is 28.8. The topological polar surface area (TPSA) is 0 Å². The summed E-state index contributed by atoms with van der Waals surface area (Å²) in [4.78, 5) is 0. The predicted molar refractivity (Wildman–Crippen MR) is 174 cm³/mol. The van der Waals surface area contributed by atoms with E-state index in [0.717, 1.165) is 5.92 Å². The van der Waals surface area contributed by atoms with Crippen LogP contribution in [0.25, 0.3) is 21.5 Å². The average molecular weight is 693 g/mol. The van der Waals surface area contributed by atoms with Crippen LogP contribution in [0.3, 0.4) is 0 Å². The minimum Gasteiger partial charge on any atom is -0.214 e. The van der Waals surface area contributed by atoms with Gasteiger partial charge in [-0.15, -0.1) is 39.7 Å². The first-order chi connectivity index (χ1) is 19.0. The van der Waals surface area contributed by atoms with Gasteiger partial charge in [-0.05, 0) is 10.8 Å². The van der Waals surface area contributed by atoms with E-state index in [-0.39, 0.29) is 10.8 Å². The largest absolute Gasteiger partial charge is 0.214 e. The maximum atomic E-state index is 2.35. The van der Waals surface area contributed by atoms with Gasteiger partial charge >= 0.3 is 101 Å². The van der Waals surface area contributed by atoms with Gasteiger partial charge in [-0.2, -0.15) is 18.2 Å². The van der Waals surface area contributed by atoms with Crippen molar-refractivity contribution in [1.82, 2.24) is 0 Å². The fourth-order valence-corrected chi connectivity index (χ4v) is 7.16. The summed E-state index contributed by atoms with van der Waals surface area (Å²) in [5.74, 6) is 0.915. The Labute approximate surface area is 257 Å². The first kappa shape index (κ1) is 30.6. The standard InChI is InChI=1S/C21H25.C13H16.C5H5.Hf/c1-20(2,3)16-7-9-18-14(12-16)11-15-13-17(21(4,5)6)8-10-19(15)18;1-3-7-12(8-4-1)11-13-9-5-2-6-10-13;1-2-4-5-3-1;/h7-13H,1-6H3;1,3-4,7-8,13H,2,5-6,9-10H2;1-5H;/q-1;;-1;+2. The molecule has 1 heteroatoms. The van der Waals surface area contributed by atoms with E-state index in [1.807, 2.05) is 30.3 Å². The van der Waals surface area contributed by atoms with E-state index in [1.165, 1.54) is 94.2 Å². The average Bonchev–Trinajstić information content (AvgIpc) is 3.64. The number of rotatable bonds is 2. The van der Waals surface area contributed by atoms with E-state index in [9.17, 15) is 0 Å². The Kier molecular flexibility index (Phi) is 10.3. The van der Waals surface area contributed by atoms with E-state index in [0.29, 0.717) is 0 Å². The molecule has 0 aliphatic heterocycles. The molecular weight excluding hydrogens is 647 g/mol. The van der Waals surface area contributed by atoms with E-state index >= 15 is 0 Å². The van der Waals surface area contributed by atoms with Crippen molar-refractivity contribution in [2.24, 2.45) is 5.92 Å². The van der Waals surface area contributed by atoms with Crippen LogP contribution in [0.15, 0.2) is 103 Å². The molecule has 0 bridgehead atoms. The molecule has 6 rings (SSSR count). The Bertz CT molecular complexity index is 1390. The van der Waals surface area contributed by atoms with Crippen molar-refractivity contribution in [3.8, 4) is 0 Å². The second-order valence-electron chi connectivity index (χ2n) is 13.3. The van der Waals surface area contributed by atoms with Gasteiger partial charge in [-0.1, -0.05) is 76.9 Å². The molecule has 0 aromatic heterocycles. The van der Waals surface area contributed by atoms with E-state index in [1.54, 1.807) is 3.26 Å². The van der Waals surface area contributed by atoms with Gasteiger partial charge in [-0.3, -0.25) is 0 Å². The molecule has 0 saturated heterocycles. The van der Waals surface area contributed by atoms with Gasteiger partial charge in [0.15, 0.2) is 0 Å². The summed E-state index contributed by atoms with van der Waals surface area (Å²) in [6.45, 7) is 13.6. The smallest absolute Gasteiger partial charge is 0.172 e. The van der Waals surface area contributed by atoms with Crippen molar-refractivity contribution in [2.45, 2.75) is 84.5 Å². The van der Waals surface area contributed by atoms with Crippen molar-refractivity contribution in [3.63, 3.8) is 0 Å². The molecule has 1 fully saturated rings. The third kappa shape index (κ3) is 8.10. The van der Waals surface area contributed by atoms with Gasteiger partial charge in [-0.25, -0.2) is 12.1 Å². The summed E-state index contributed by atoms with van der Waals surface area (Å²) < 4.78 is 1.74. The van der Waals surface area contributed by atoms with Crippen LogP contribution in [0.5, 0.6) is 0 Å². The Morgan fingerprint density at radius 3 is 1.57 bits per heavy atom. The first-order valence-electron chi connectivity index (χ1n) is 15.0. The number of hydrogen-bond acceptors (Lipinski definition) is 0. The molecular formula is C39H46Hf. The third-order valence-electron chi connectivity index (χ3n) is 8.09. The van der Waals surface area contributed by atoms with Gasteiger partial charge in [0.25, 0.3) is 0 Å². The molecule has 5 aromatic carbocycles. The van der Waals surface area contributed by atoms with Crippen molar-refractivity contribution in [1.29, 1.82) is 0 Å². The van der Waals surface area contributed by atoms with Crippen LogP contribution in [-0.4, -0.2) is 3.26 Å². The molecule has 0 unspecified atom stereocenters. The second-order valence-corrected chi connectivity index (χ2v) is 15.3. The van der Waals surface area contributed by atoms with Gasteiger partial charge in [0, 0.05) is 0 Å². The van der Waals surface area contributed by atoms with Crippen LogP contribution < -0.4 is 0 Å². The molecule has 0 amide bonds. The van der Waals surface area contributed by atoms with Crippen LogP contribution in [0.1, 0.15) is 90.3 Å². The predicted octanol–water partition coefficient (Wildman–Crippen LogP) is 11.0. The zero-order valence-corrected chi connectivity index (χ0v) is 29.0. The number of hydrogen-bond donors (Lipinski definition) is 0. The van der Waals surface area contributed by atoms with Crippen LogP contribution >= 0.6 is 0 Å². The third-order valence-corrected chi connectivity index (χ3v) is 10.6. The maximum Gasteiger partial charge on any atom is -0.172 e. The summed E-state index contributed by atoms with van der Waals surface area (Å²) in [6, 6.07) is 37.2. The van der Waals surface area contributed by atoms with E-state index < -0.39 is 0 Å².